The van der Waals surface area contributed by atoms with Crippen LogP contribution in [0.15, 0.2) is 18.2 Å². The fourth-order valence-electron chi connectivity index (χ4n) is 1.03. The van der Waals surface area contributed by atoms with E-state index in [-0.39, 0.29) is 0 Å². The Morgan fingerprint density at radius 1 is 1.36 bits per heavy atom. The van der Waals surface area contributed by atoms with Gasteiger partial charge in [-0.05, 0) is 37.8 Å². The van der Waals surface area contributed by atoms with Crippen LogP contribution in [0.2, 0.25) is 24.7 Å². The summed E-state index contributed by atoms with van der Waals surface area (Å²) in [6.45, 7) is 6.20. The lowest BCUT2D eigenvalue weighted by molar-refractivity contribution is 0.112. The van der Waals surface area contributed by atoms with Crippen molar-refractivity contribution in [1.29, 1.82) is 0 Å². The van der Waals surface area contributed by atoms with E-state index in [0.717, 1.165) is 6.29 Å². The minimum atomic E-state index is -1.67. The molecule has 0 saturated heterocycles. The molecule has 0 bridgehead atoms. The first-order chi connectivity index (χ1) is 6.42. The van der Waals surface area contributed by atoms with Crippen LogP contribution in [0.4, 0.5) is 0 Å². The quantitative estimate of drug-likeness (QED) is 0.586. The molecule has 0 aliphatic rings. The van der Waals surface area contributed by atoms with Crippen molar-refractivity contribution < 1.29 is 9.22 Å². The predicted octanol–water partition coefficient (Wildman–Crippen LogP) is 3.37. The van der Waals surface area contributed by atoms with E-state index < -0.39 is 8.32 Å². The SMILES string of the molecule is C[Si](C)(C)Oc1ccc(Cl)cc1C=O. The molecule has 76 valence electrons. The van der Waals surface area contributed by atoms with Gasteiger partial charge >= 0.3 is 0 Å². The molecule has 0 spiro atoms. The summed E-state index contributed by atoms with van der Waals surface area (Å²) in [4.78, 5) is 10.7. The Balaban J connectivity index is 3.03. The van der Waals surface area contributed by atoms with Crippen LogP contribution in [-0.4, -0.2) is 14.6 Å². The molecule has 0 unspecified atom stereocenters. The van der Waals surface area contributed by atoms with Gasteiger partial charge < -0.3 is 4.43 Å². The molecule has 0 atom stereocenters. The molecule has 0 amide bonds. The van der Waals surface area contributed by atoms with Crippen molar-refractivity contribution in [3.8, 4) is 5.75 Å². The van der Waals surface area contributed by atoms with Gasteiger partial charge in [-0.15, -0.1) is 0 Å². The van der Waals surface area contributed by atoms with Gasteiger partial charge in [-0.1, -0.05) is 11.6 Å². The zero-order chi connectivity index (χ0) is 10.8. The second kappa shape index (κ2) is 4.15. The van der Waals surface area contributed by atoms with Gasteiger partial charge in [-0.3, -0.25) is 4.79 Å². The molecule has 0 aliphatic carbocycles. The molecule has 0 saturated carbocycles. The van der Waals surface area contributed by atoms with Crippen LogP contribution in [0, 0.1) is 0 Å². The minimum absolute atomic E-state index is 0.514. The van der Waals surface area contributed by atoms with E-state index in [1.807, 2.05) is 0 Å². The van der Waals surface area contributed by atoms with E-state index in [0.29, 0.717) is 16.3 Å². The number of rotatable bonds is 3. The van der Waals surface area contributed by atoms with Gasteiger partial charge in [0.05, 0.1) is 5.56 Å². The first kappa shape index (κ1) is 11.3. The lowest BCUT2D eigenvalue weighted by Crippen LogP contribution is -2.29. The van der Waals surface area contributed by atoms with Crippen molar-refractivity contribution in [2.45, 2.75) is 19.6 Å². The standard InChI is InChI=1S/C10H13ClO2Si/c1-14(2,3)13-10-5-4-9(11)6-8(10)7-12/h4-7H,1-3H3. The van der Waals surface area contributed by atoms with Crippen LogP contribution in [0.25, 0.3) is 0 Å². The Kier molecular flexibility index (Phi) is 3.34. The first-order valence-corrected chi connectivity index (χ1v) is 8.15. The highest BCUT2D eigenvalue weighted by Crippen LogP contribution is 2.23. The largest absolute Gasteiger partial charge is 0.544 e. The number of benzene rings is 1. The molecule has 1 rings (SSSR count). The predicted molar refractivity (Wildman–Crippen MR) is 60.8 cm³/mol. The smallest absolute Gasteiger partial charge is 0.242 e. The van der Waals surface area contributed by atoms with Crippen molar-refractivity contribution in [2.24, 2.45) is 0 Å². The fraction of sp³-hybridized carbons (Fsp3) is 0.300. The van der Waals surface area contributed by atoms with E-state index in [9.17, 15) is 4.79 Å². The summed E-state index contributed by atoms with van der Waals surface area (Å²) in [5, 5.41) is 0.551. The van der Waals surface area contributed by atoms with E-state index in [2.05, 4.69) is 19.6 Å². The molecule has 4 heteroatoms. The topological polar surface area (TPSA) is 26.3 Å². The summed E-state index contributed by atoms with van der Waals surface area (Å²) in [7, 11) is -1.67. The average molecular weight is 229 g/mol. The summed E-state index contributed by atoms with van der Waals surface area (Å²) in [6, 6.07) is 5.08. The zero-order valence-electron chi connectivity index (χ0n) is 8.50. The lowest BCUT2D eigenvalue weighted by Gasteiger charge is -2.20. The van der Waals surface area contributed by atoms with Crippen LogP contribution < -0.4 is 4.43 Å². The maximum absolute atomic E-state index is 10.7. The molecular weight excluding hydrogens is 216 g/mol. The number of halogens is 1. The normalized spacial score (nSPS) is 11.1. The maximum Gasteiger partial charge on any atom is 0.242 e. The molecule has 1 aromatic carbocycles. The summed E-state index contributed by atoms with van der Waals surface area (Å²) in [6.07, 6.45) is 0.765. The number of carbonyl (C=O) groups is 1. The molecule has 0 aliphatic heterocycles. The van der Waals surface area contributed by atoms with Crippen LogP contribution >= 0.6 is 11.6 Å². The average Bonchev–Trinajstić information content (AvgIpc) is 2.06. The van der Waals surface area contributed by atoms with E-state index >= 15 is 0 Å². The maximum atomic E-state index is 10.7. The number of carbonyl (C=O) groups excluding carboxylic acids is 1. The third-order valence-corrected chi connectivity index (χ3v) is 2.58. The number of hydrogen-bond donors (Lipinski definition) is 0. The van der Waals surface area contributed by atoms with E-state index in [1.54, 1.807) is 18.2 Å². The monoisotopic (exact) mass is 228 g/mol. The minimum Gasteiger partial charge on any atom is -0.544 e. The first-order valence-electron chi connectivity index (χ1n) is 4.36. The number of aldehydes is 1. The molecule has 0 radical (unpaired) electrons. The summed E-state index contributed by atoms with van der Waals surface area (Å²) in [5.74, 6) is 0.628. The van der Waals surface area contributed by atoms with Crippen molar-refractivity contribution in [1.82, 2.24) is 0 Å². The Labute approximate surface area is 90.0 Å². The highest BCUT2D eigenvalue weighted by atomic mass is 35.5. The lowest BCUT2D eigenvalue weighted by atomic mass is 10.2. The van der Waals surface area contributed by atoms with Gasteiger partial charge in [0, 0.05) is 5.02 Å². The van der Waals surface area contributed by atoms with Crippen LogP contribution in [0.3, 0.4) is 0 Å². The Bertz CT molecular complexity index is 344. The Morgan fingerprint density at radius 3 is 2.50 bits per heavy atom. The summed E-state index contributed by atoms with van der Waals surface area (Å²) >= 11 is 5.76. The Hall–Kier alpha value is -0.803. The fourth-order valence-corrected chi connectivity index (χ4v) is 2.06. The van der Waals surface area contributed by atoms with Gasteiger partial charge in [0.15, 0.2) is 6.29 Å². The van der Waals surface area contributed by atoms with Gasteiger partial charge in [-0.25, -0.2) is 0 Å². The van der Waals surface area contributed by atoms with Crippen LogP contribution in [0.1, 0.15) is 10.4 Å². The third-order valence-electron chi connectivity index (χ3n) is 1.51. The van der Waals surface area contributed by atoms with Gasteiger partial charge in [0.25, 0.3) is 0 Å². The summed E-state index contributed by atoms with van der Waals surface area (Å²) in [5.41, 5.74) is 0.514. The molecule has 0 N–H and O–H groups in total. The van der Waals surface area contributed by atoms with Gasteiger partial charge in [0.2, 0.25) is 8.32 Å². The van der Waals surface area contributed by atoms with Crippen molar-refractivity contribution in [3.05, 3.63) is 28.8 Å². The molecule has 14 heavy (non-hydrogen) atoms. The van der Waals surface area contributed by atoms with Crippen LogP contribution in [0.5, 0.6) is 5.75 Å². The zero-order valence-corrected chi connectivity index (χ0v) is 10.3. The third kappa shape index (κ3) is 3.16. The van der Waals surface area contributed by atoms with Crippen LogP contribution in [-0.2, 0) is 0 Å². The Morgan fingerprint density at radius 2 is 2.00 bits per heavy atom. The molecule has 2 nitrogen and oxygen atoms in total. The summed E-state index contributed by atoms with van der Waals surface area (Å²) < 4.78 is 5.73. The van der Waals surface area contributed by atoms with E-state index in [1.165, 1.54) is 0 Å². The second-order valence-electron chi connectivity index (χ2n) is 4.01. The highest BCUT2D eigenvalue weighted by molar-refractivity contribution is 6.70. The molecule has 0 aromatic heterocycles. The van der Waals surface area contributed by atoms with Crippen molar-refractivity contribution in [2.75, 3.05) is 0 Å². The van der Waals surface area contributed by atoms with E-state index in [4.69, 9.17) is 16.0 Å². The van der Waals surface area contributed by atoms with Crippen molar-refractivity contribution in [3.63, 3.8) is 0 Å². The number of hydrogen-bond acceptors (Lipinski definition) is 2. The van der Waals surface area contributed by atoms with Gasteiger partial charge in [0.1, 0.15) is 5.75 Å². The second-order valence-corrected chi connectivity index (χ2v) is 8.88. The highest BCUT2D eigenvalue weighted by Gasteiger charge is 2.18. The molecule has 0 heterocycles. The molecule has 1 aromatic rings. The molecular formula is C10H13ClO2Si. The molecule has 0 fully saturated rings. The van der Waals surface area contributed by atoms with Crippen molar-refractivity contribution >= 4 is 26.2 Å². The van der Waals surface area contributed by atoms with Gasteiger partial charge in [-0.2, -0.15) is 0 Å².